The van der Waals surface area contributed by atoms with Crippen molar-refractivity contribution < 1.29 is 0 Å². The van der Waals surface area contributed by atoms with E-state index in [1.165, 1.54) is 0 Å². The van der Waals surface area contributed by atoms with Crippen LogP contribution in [-0.2, 0) is 0 Å². The SMILES string of the molecule is [c]1ccc2cnccn12. The van der Waals surface area contributed by atoms with Crippen molar-refractivity contribution in [3.63, 3.8) is 0 Å². The Bertz CT molecular complexity index is 281. The van der Waals surface area contributed by atoms with Gasteiger partial charge < -0.3 is 4.40 Å². The normalized spacial score (nSPS) is 10.2. The molecule has 1 radical (unpaired) electrons. The lowest BCUT2D eigenvalue weighted by Crippen LogP contribution is -1.79. The number of rotatable bonds is 0. The second-order valence-corrected chi connectivity index (χ2v) is 1.83. The molecule has 0 aromatic carbocycles. The van der Waals surface area contributed by atoms with Gasteiger partial charge in [-0.15, -0.1) is 0 Å². The van der Waals surface area contributed by atoms with Crippen molar-refractivity contribution in [2.45, 2.75) is 0 Å². The highest BCUT2D eigenvalue weighted by Crippen LogP contribution is 1.98. The van der Waals surface area contributed by atoms with E-state index in [1.54, 1.807) is 12.4 Å². The van der Waals surface area contributed by atoms with Crippen LogP contribution >= 0.6 is 0 Å². The first-order valence-electron chi connectivity index (χ1n) is 2.75. The van der Waals surface area contributed by atoms with Gasteiger partial charge in [0, 0.05) is 12.4 Å². The minimum atomic E-state index is 1.08. The third kappa shape index (κ3) is 0.598. The molecule has 43 valence electrons. The first-order valence-corrected chi connectivity index (χ1v) is 2.75. The van der Waals surface area contributed by atoms with Crippen LogP contribution < -0.4 is 0 Å². The van der Waals surface area contributed by atoms with E-state index in [1.807, 2.05) is 22.7 Å². The van der Waals surface area contributed by atoms with Gasteiger partial charge in [-0.25, -0.2) is 0 Å². The maximum absolute atomic E-state index is 3.94. The first-order chi connectivity index (χ1) is 4.47. The van der Waals surface area contributed by atoms with Gasteiger partial charge in [-0.3, -0.25) is 4.98 Å². The third-order valence-corrected chi connectivity index (χ3v) is 1.25. The van der Waals surface area contributed by atoms with Crippen molar-refractivity contribution in [3.8, 4) is 0 Å². The van der Waals surface area contributed by atoms with Gasteiger partial charge in [-0.2, -0.15) is 0 Å². The summed E-state index contributed by atoms with van der Waals surface area (Å²) in [7, 11) is 0. The van der Waals surface area contributed by atoms with Gasteiger partial charge in [0.05, 0.1) is 17.9 Å². The summed E-state index contributed by atoms with van der Waals surface area (Å²) in [6.45, 7) is 0. The second-order valence-electron chi connectivity index (χ2n) is 1.83. The van der Waals surface area contributed by atoms with Gasteiger partial charge >= 0.3 is 0 Å². The highest BCUT2D eigenvalue weighted by Gasteiger charge is 1.85. The lowest BCUT2D eigenvalue weighted by molar-refractivity contribution is 1.13. The molecule has 0 aliphatic rings. The highest BCUT2D eigenvalue weighted by atomic mass is 14.9. The molecule has 0 spiro atoms. The minimum Gasteiger partial charge on any atom is -0.312 e. The number of nitrogens with zero attached hydrogens (tertiary/aromatic N) is 2. The van der Waals surface area contributed by atoms with Crippen molar-refractivity contribution in [2.24, 2.45) is 0 Å². The van der Waals surface area contributed by atoms with Gasteiger partial charge in [0.25, 0.3) is 0 Å². The van der Waals surface area contributed by atoms with Gasteiger partial charge in [0.1, 0.15) is 0 Å². The zero-order chi connectivity index (χ0) is 6.10. The zero-order valence-electron chi connectivity index (χ0n) is 4.78. The van der Waals surface area contributed by atoms with Crippen LogP contribution in [0.1, 0.15) is 0 Å². The fourth-order valence-electron chi connectivity index (χ4n) is 0.817. The van der Waals surface area contributed by atoms with E-state index in [9.17, 15) is 0 Å². The number of aromatic nitrogens is 2. The summed E-state index contributed by atoms with van der Waals surface area (Å²) >= 11 is 0. The quantitative estimate of drug-likeness (QED) is 0.505. The molecular formula is C7H5N2. The summed E-state index contributed by atoms with van der Waals surface area (Å²) in [5.41, 5.74) is 1.08. The summed E-state index contributed by atoms with van der Waals surface area (Å²) in [6.07, 6.45) is 8.41. The van der Waals surface area contributed by atoms with E-state index in [2.05, 4.69) is 11.2 Å². The van der Waals surface area contributed by atoms with Crippen molar-refractivity contribution in [1.82, 2.24) is 9.38 Å². The fourth-order valence-corrected chi connectivity index (χ4v) is 0.817. The Morgan fingerprint density at radius 3 is 3.44 bits per heavy atom. The lowest BCUT2D eigenvalue weighted by atomic mass is 10.5. The molecule has 0 amide bonds. The molecule has 0 fully saturated rings. The van der Waals surface area contributed by atoms with E-state index >= 15 is 0 Å². The Hall–Kier alpha value is -1.31. The average molecular weight is 117 g/mol. The van der Waals surface area contributed by atoms with Crippen LogP contribution in [0, 0.1) is 6.20 Å². The Morgan fingerprint density at radius 1 is 1.56 bits per heavy atom. The van der Waals surface area contributed by atoms with Crippen LogP contribution in [0.15, 0.2) is 30.7 Å². The van der Waals surface area contributed by atoms with Crippen LogP contribution in [0.3, 0.4) is 0 Å². The van der Waals surface area contributed by atoms with Crippen molar-refractivity contribution in [3.05, 3.63) is 36.9 Å². The van der Waals surface area contributed by atoms with E-state index in [0.29, 0.717) is 0 Å². The predicted octanol–water partition coefficient (Wildman–Crippen LogP) is 1.13. The highest BCUT2D eigenvalue weighted by molar-refractivity contribution is 5.43. The zero-order valence-corrected chi connectivity index (χ0v) is 4.78. The average Bonchev–Trinajstić information content (AvgIpc) is 2.33. The third-order valence-electron chi connectivity index (χ3n) is 1.25. The molecule has 2 aromatic rings. The van der Waals surface area contributed by atoms with Crippen molar-refractivity contribution >= 4 is 5.52 Å². The maximum Gasteiger partial charge on any atom is 0.0698 e. The second kappa shape index (κ2) is 1.58. The van der Waals surface area contributed by atoms with Crippen LogP contribution in [0.5, 0.6) is 0 Å². The van der Waals surface area contributed by atoms with Crippen LogP contribution in [-0.4, -0.2) is 9.38 Å². The van der Waals surface area contributed by atoms with Crippen LogP contribution in [0.4, 0.5) is 0 Å². The molecule has 2 nitrogen and oxygen atoms in total. The molecule has 0 saturated carbocycles. The topological polar surface area (TPSA) is 17.3 Å². The summed E-state index contributed by atoms with van der Waals surface area (Å²) in [6, 6.07) is 3.84. The van der Waals surface area contributed by atoms with Gasteiger partial charge in [0.2, 0.25) is 0 Å². The van der Waals surface area contributed by atoms with E-state index < -0.39 is 0 Å². The predicted molar refractivity (Wildman–Crippen MR) is 34.0 cm³/mol. The van der Waals surface area contributed by atoms with Crippen LogP contribution in [0.25, 0.3) is 5.52 Å². The van der Waals surface area contributed by atoms with Crippen LogP contribution in [0.2, 0.25) is 0 Å². The Morgan fingerprint density at radius 2 is 2.56 bits per heavy atom. The van der Waals surface area contributed by atoms with Crippen molar-refractivity contribution in [1.29, 1.82) is 0 Å². The number of hydrogen-bond acceptors (Lipinski definition) is 1. The largest absolute Gasteiger partial charge is 0.312 e. The Labute approximate surface area is 52.8 Å². The first kappa shape index (κ1) is 4.56. The summed E-state index contributed by atoms with van der Waals surface area (Å²) in [5, 5.41) is 0. The smallest absolute Gasteiger partial charge is 0.0698 e. The molecule has 0 saturated heterocycles. The molecule has 0 unspecified atom stereocenters. The Balaban J connectivity index is 2.95. The standard InChI is InChI=1S/C7H5N2/c1-2-7-6-8-3-5-9(7)4-1/h1-3,5-6H. The van der Waals surface area contributed by atoms with Gasteiger partial charge in [-0.05, 0) is 12.1 Å². The molecule has 0 bridgehead atoms. The molecule has 0 N–H and O–H groups in total. The van der Waals surface area contributed by atoms with Gasteiger partial charge in [0.15, 0.2) is 0 Å². The molecule has 2 aromatic heterocycles. The molecule has 2 heteroatoms. The number of fused-ring (bicyclic) bond motifs is 1. The molecule has 2 rings (SSSR count). The minimum absolute atomic E-state index is 1.08. The molecule has 9 heavy (non-hydrogen) atoms. The molecule has 0 aliphatic carbocycles. The number of hydrogen-bond donors (Lipinski definition) is 0. The Kier molecular flexibility index (Phi) is 0.803. The summed E-state index contributed by atoms with van der Waals surface area (Å²) in [5.74, 6) is 0. The molecule has 2 heterocycles. The summed E-state index contributed by atoms with van der Waals surface area (Å²) < 4.78 is 1.90. The fraction of sp³-hybridized carbons (Fsp3) is 0. The molecule has 0 aliphatic heterocycles. The lowest BCUT2D eigenvalue weighted by Gasteiger charge is -1.87. The molecule has 0 atom stereocenters. The van der Waals surface area contributed by atoms with E-state index in [0.717, 1.165) is 5.52 Å². The van der Waals surface area contributed by atoms with Gasteiger partial charge in [-0.1, -0.05) is 0 Å². The molecular weight excluding hydrogens is 112 g/mol. The van der Waals surface area contributed by atoms with Crippen molar-refractivity contribution in [2.75, 3.05) is 0 Å². The van der Waals surface area contributed by atoms with E-state index in [4.69, 9.17) is 0 Å². The summed E-state index contributed by atoms with van der Waals surface area (Å²) in [4.78, 5) is 3.94. The van der Waals surface area contributed by atoms with E-state index in [-0.39, 0.29) is 0 Å². The maximum atomic E-state index is 3.94. The monoisotopic (exact) mass is 117 g/mol.